The summed E-state index contributed by atoms with van der Waals surface area (Å²) < 4.78 is 5.44. The van der Waals surface area contributed by atoms with Gasteiger partial charge in [-0.25, -0.2) is 0 Å². The smallest absolute Gasteiger partial charge is 0.0594 e. The monoisotopic (exact) mass is 303 g/mol. The second kappa shape index (κ2) is 7.42. The molecule has 0 N–H and O–H groups in total. The minimum atomic E-state index is 0.548. The number of piperidine rings is 1. The molecule has 0 spiro atoms. The molecule has 2 saturated heterocycles. The van der Waals surface area contributed by atoms with E-state index in [1.54, 1.807) is 0 Å². The van der Waals surface area contributed by atoms with E-state index >= 15 is 0 Å². The average Bonchev–Trinajstić information content (AvgIpc) is 2.56. The Morgan fingerprint density at radius 2 is 1.86 bits per heavy atom. The molecule has 122 valence electrons. The normalized spacial score (nSPS) is 21.5. The number of hydrogen-bond acceptors (Lipinski definition) is 4. The zero-order chi connectivity index (χ0) is 15.4. The van der Waals surface area contributed by atoms with Crippen LogP contribution in [0.4, 0.5) is 5.69 Å². The molecule has 0 atom stereocenters. The molecule has 2 aliphatic rings. The maximum absolute atomic E-state index is 5.44. The Kier molecular flexibility index (Phi) is 5.32. The van der Waals surface area contributed by atoms with E-state index in [4.69, 9.17) is 4.74 Å². The molecule has 1 aromatic heterocycles. The van der Waals surface area contributed by atoms with Crippen LogP contribution < -0.4 is 4.90 Å². The van der Waals surface area contributed by atoms with Gasteiger partial charge in [0, 0.05) is 38.9 Å². The lowest BCUT2D eigenvalue weighted by molar-refractivity contribution is 0.0289. The molecule has 2 aliphatic heterocycles. The number of morpholine rings is 1. The molecule has 0 saturated carbocycles. The lowest BCUT2D eigenvalue weighted by Crippen LogP contribution is -2.43. The van der Waals surface area contributed by atoms with Crippen molar-refractivity contribution in [1.82, 2.24) is 9.88 Å². The summed E-state index contributed by atoms with van der Waals surface area (Å²) in [7, 11) is 0. The van der Waals surface area contributed by atoms with Gasteiger partial charge in [0.05, 0.1) is 25.1 Å². The second-order valence-electron chi connectivity index (χ2n) is 6.97. The first kappa shape index (κ1) is 15.8. The van der Waals surface area contributed by atoms with Crippen molar-refractivity contribution in [2.75, 3.05) is 50.8 Å². The number of anilines is 1. The van der Waals surface area contributed by atoms with Gasteiger partial charge in [0.25, 0.3) is 0 Å². The van der Waals surface area contributed by atoms with Crippen LogP contribution in [-0.2, 0) is 4.74 Å². The molecule has 0 unspecified atom stereocenters. The third-order valence-corrected chi connectivity index (χ3v) is 5.01. The van der Waals surface area contributed by atoms with Crippen LogP contribution in [0, 0.1) is 5.92 Å². The van der Waals surface area contributed by atoms with E-state index in [1.807, 2.05) is 12.4 Å². The molecule has 4 nitrogen and oxygen atoms in total. The third-order valence-electron chi connectivity index (χ3n) is 5.01. The summed E-state index contributed by atoms with van der Waals surface area (Å²) in [6.45, 7) is 12.1. The largest absolute Gasteiger partial charge is 0.379 e. The number of pyridine rings is 1. The lowest BCUT2D eigenvalue weighted by Gasteiger charge is -2.37. The van der Waals surface area contributed by atoms with Gasteiger partial charge in [0.2, 0.25) is 0 Å². The topological polar surface area (TPSA) is 28.6 Å². The van der Waals surface area contributed by atoms with Gasteiger partial charge in [-0.2, -0.15) is 0 Å². The fraction of sp³-hybridized carbons (Fsp3) is 0.722. The quantitative estimate of drug-likeness (QED) is 0.855. The van der Waals surface area contributed by atoms with Crippen molar-refractivity contribution in [2.45, 2.75) is 32.6 Å². The predicted molar refractivity (Wildman–Crippen MR) is 90.5 cm³/mol. The van der Waals surface area contributed by atoms with E-state index < -0.39 is 0 Å². The van der Waals surface area contributed by atoms with Crippen molar-refractivity contribution in [3.05, 3.63) is 24.0 Å². The van der Waals surface area contributed by atoms with Crippen molar-refractivity contribution in [3.63, 3.8) is 0 Å². The predicted octanol–water partition coefficient (Wildman–Crippen LogP) is 2.75. The van der Waals surface area contributed by atoms with Crippen LogP contribution in [0.5, 0.6) is 0 Å². The van der Waals surface area contributed by atoms with Gasteiger partial charge in [-0.3, -0.25) is 9.88 Å². The highest BCUT2D eigenvalue weighted by Crippen LogP contribution is 2.26. The maximum atomic E-state index is 5.44. The van der Waals surface area contributed by atoms with Crippen LogP contribution in [0.15, 0.2) is 18.5 Å². The van der Waals surface area contributed by atoms with E-state index in [0.29, 0.717) is 5.92 Å². The van der Waals surface area contributed by atoms with Crippen LogP contribution in [0.1, 0.15) is 38.2 Å². The van der Waals surface area contributed by atoms with Gasteiger partial charge in [0.15, 0.2) is 0 Å². The number of nitrogens with zero attached hydrogens (tertiary/aromatic N) is 3. The zero-order valence-electron chi connectivity index (χ0n) is 14.0. The first-order chi connectivity index (χ1) is 10.7. The van der Waals surface area contributed by atoms with E-state index in [1.165, 1.54) is 30.6 Å². The Hall–Kier alpha value is -1.13. The molecule has 22 heavy (non-hydrogen) atoms. The average molecular weight is 303 g/mol. The van der Waals surface area contributed by atoms with Crippen molar-refractivity contribution in [3.8, 4) is 0 Å². The number of aromatic nitrogens is 1. The lowest BCUT2D eigenvalue weighted by atomic mass is 9.95. The van der Waals surface area contributed by atoms with E-state index in [2.05, 4.69) is 34.7 Å². The van der Waals surface area contributed by atoms with E-state index in [-0.39, 0.29) is 0 Å². The van der Waals surface area contributed by atoms with E-state index in [0.717, 1.165) is 45.3 Å². The minimum absolute atomic E-state index is 0.548. The summed E-state index contributed by atoms with van der Waals surface area (Å²) in [4.78, 5) is 9.51. The second-order valence-corrected chi connectivity index (χ2v) is 6.97. The number of rotatable bonds is 4. The summed E-state index contributed by atoms with van der Waals surface area (Å²) in [5.41, 5.74) is 2.64. The molecule has 0 aliphatic carbocycles. The molecule has 0 amide bonds. The molecular formula is C18H29N3O. The Bertz CT molecular complexity index is 463. The number of hydrogen-bond donors (Lipinski definition) is 0. The first-order valence-corrected chi connectivity index (χ1v) is 8.72. The molecular weight excluding hydrogens is 274 g/mol. The molecule has 3 rings (SSSR count). The molecule has 2 fully saturated rings. The van der Waals surface area contributed by atoms with Gasteiger partial charge in [0.1, 0.15) is 0 Å². The summed E-state index contributed by atoms with van der Waals surface area (Å²) in [6.07, 6.45) is 6.61. The van der Waals surface area contributed by atoms with Crippen molar-refractivity contribution >= 4 is 5.69 Å². The summed E-state index contributed by atoms with van der Waals surface area (Å²) >= 11 is 0. The Morgan fingerprint density at radius 1 is 1.14 bits per heavy atom. The SMILES string of the molecule is CC(C)c1cncc(N2CCC(CN3CCOCC3)CC2)c1. The Balaban J connectivity index is 1.51. The summed E-state index contributed by atoms with van der Waals surface area (Å²) in [5, 5.41) is 0. The highest BCUT2D eigenvalue weighted by molar-refractivity contribution is 5.47. The third kappa shape index (κ3) is 3.99. The molecule has 0 bridgehead atoms. The molecule has 4 heteroatoms. The standard InChI is InChI=1S/C18H29N3O/c1-15(2)17-11-18(13-19-12-17)21-5-3-16(4-6-21)14-20-7-9-22-10-8-20/h11-13,15-16H,3-10,14H2,1-2H3. The molecule has 0 aromatic carbocycles. The minimum Gasteiger partial charge on any atom is -0.379 e. The van der Waals surface area contributed by atoms with Crippen LogP contribution in [0.25, 0.3) is 0 Å². The highest BCUT2D eigenvalue weighted by atomic mass is 16.5. The fourth-order valence-corrected chi connectivity index (χ4v) is 3.46. The Labute approximate surface area is 134 Å². The fourth-order valence-electron chi connectivity index (χ4n) is 3.46. The number of ether oxygens (including phenoxy) is 1. The van der Waals surface area contributed by atoms with Crippen LogP contribution in [0.2, 0.25) is 0 Å². The van der Waals surface area contributed by atoms with Gasteiger partial charge >= 0.3 is 0 Å². The van der Waals surface area contributed by atoms with E-state index in [9.17, 15) is 0 Å². The molecule has 1 aromatic rings. The van der Waals surface area contributed by atoms with Gasteiger partial charge in [-0.1, -0.05) is 13.8 Å². The summed E-state index contributed by atoms with van der Waals surface area (Å²) in [5.74, 6) is 1.39. The van der Waals surface area contributed by atoms with Gasteiger partial charge < -0.3 is 9.64 Å². The maximum Gasteiger partial charge on any atom is 0.0594 e. The van der Waals surface area contributed by atoms with Crippen LogP contribution in [0.3, 0.4) is 0 Å². The molecule has 3 heterocycles. The Morgan fingerprint density at radius 3 is 2.55 bits per heavy atom. The van der Waals surface area contributed by atoms with Crippen molar-refractivity contribution in [2.24, 2.45) is 5.92 Å². The summed E-state index contributed by atoms with van der Waals surface area (Å²) in [6, 6.07) is 2.32. The highest BCUT2D eigenvalue weighted by Gasteiger charge is 2.22. The van der Waals surface area contributed by atoms with Gasteiger partial charge in [-0.05, 0) is 36.3 Å². The molecule has 0 radical (unpaired) electrons. The van der Waals surface area contributed by atoms with Crippen molar-refractivity contribution < 1.29 is 4.74 Å². The van der Waals surface area contributed by atoms with Crippen LogP contribution in [-0.4, -0.2) is 55.8 Å². The van der Waals surface area contributed by atoms with Crippen molar-refractivity contribution in [1.29, 1.82) is 0 Å². The van der Waals surface area contributed by atoms with Crippen LogP contribution >= 0.6 is 0 Å². The zero-order valence-corrected chi connectivity index (χ0v) is 14.0. The van der Waals surface area contributed by atoms with Gasteiger partial charge in [-0.15, -0.1) is 0 Å². The first-order valence-electron chi connectivity index (χ1n) is 8.72.